The number of carbonyl (C=O) groups excluding carboxylic acids is 1. The number of likely N-dealkylation sites (tertiary alicyclic amines) is 1. The summed E-state index contributed by atoms with van der Waals surface area (Å²) in [4.78, 5) is 14.5. The highest BCUT2D eigenvalue weighted by molar-refractivity contribution is 5.86. The third-order valence-electron chi connectivity index (χ3n) is 5.31. The van der Waals surface area contributed by atoms with Gasteiger partial charge in [0.15, 0.2) is 0 Å². The topological polar surface area (TPSA) is 49.8 Å². The van der Waals surface area contributed by atoms with Crippen molar-refractivity contribution in [3.05, 3.63) is 29.3 Å². The van der Waals surface area contributed by atoms with Gasteiger partial charge in [-0.25, -0.2) is 0 Å². The van der Waals surface area contributed by atoms with E-state index in [9.17, 15) is 9.90 Å². The van der Waals surface area contributed by atoms with E-state index in [1.807, 2.05) is 17.0 Å². The van der Waals surface area contributed by atoms with E-state index in [2.05, 4.69) is 6.07 Å². The maximum absolute atomic E-state index is 12.7. The normalized spacial score (nSPS) is 26.2. The minimum absolute atomic E-state index is 0.0566. The van der Waals surface area contributed by atoms with Crippen LogP contribution in [0.2, 0.25) is 0 Å². The van der Waals surface area contributed by atoms with E-state index in [4.69, 9.17) is 4.74 Å². The van der Waals surface area contributed by atoms with Crippen LogP contribution in [0, 0.1) is 5.92 Å². The van der Waals surface area contributed by atoms with Gasteiger partial charge in [0.1, 0.15) is 11.4 Å². The number of rotatable bonds is 3. The van der Waals surface area contributed by atoms with Crippen LogP contribution in [0.1, 0.15) is 36.3 Å². The van der Waals surface area contributed by atoms with Crippen LogP contribution in [0.5, 0.6) is 5.75 Å². The molecule has 112 valence electrons. The first-order valence-electron chi connectivity index (χ1n) is 7.79. The lowest BCUT2D eigenvalue weighted by atomic mass is 9.86. The van der Waals surface area contributed by atoms with Crippen molar-refractivity contribution in [2.24, 2.45) is 5.92 Å². The van der Waals surface area contributed by atoms with E-state index in [0.717, 1.165) is 37.0 Å². The molecule has 1 saturated heterocycles. The summed E-state index contributed by atoms with van der Waals surface area (Å²) in [7, 11) is 1.65. The molecule has 1 heterocycles. The van der Waals surface area contributed by atoms with Crippen molar-refractivity contribution in [2.75, 3.05) is 20.2 Å². The predicted octanol–water partition coefficient (Wildman–Crippen LogP) is 1.71. The molecule has 3 aliphatic rings. The van der Waals surface area contributed by atoms with Gasteiger partial charge in [0.2, 0.25) is 5.91 Å². The molecule has 1 amide bonds. The summed E-state index contributed by atoms with van der Waals surface area (Å²) in [6.07, 6.45) is 4.06. The molecule has 1 unspecified atom stereocenters. The van der Waals surface area contributed by atoms with E-state index in [1.54, 1.807) is 7.11 Å². The molecular formula is C17H21NO3. The van der Waals surface area contributed by atoms with E-state index in [-0.39, 0.29) is 11.8 Å². The lowest BCUT2D eigenvalue weighted by Crippen LogP contribution is -2.65. The average Bonchev–Trinajstić information content (AvgIpc) is 3.23. The molecule has 1 aliphatic heterocycles. The second kappa shape index (κ2) is 4.47. The van der Waals surface area contributed by atoms with Crippen molar-refractivity contribution in [1.29, 1.82) is 0 Å². The molecule has 4 nitrogen and oxygen atoms in total. The summed E-state index contributed by atoms with van der Waals surface area (Å²) in [5.74, 6) is 1.36. The van der Waals surface area contributed by atoms with Crippen LogP contribution in [0.4, 0.5) is 0 Å². The number of benzene rings is 1. The van der Waals surface area contributed by atoms with Crippen LogP contribution in [-0.4, -0.2) is 41.7 Å². The van der Waals surface area contributed by atoms with Gasteiger partial charge in [0, 0.05) is 0 Å². The number of hydrogen-bond donors (Lipinski definition) is 1. The highest BCUT2D eigenvalue weighted by Crippen LogP contribution is 2.46. The van der Waals surface area contributed by atoms with Crippen molar-refractivity contribution in [3.8, 4) is 5.75 Å². The Kier molecular flexibility index (Phi) is 2.80. The molecule has 1 N–H and O–H groups in total. The fourth-order valence-electron chi connectivity index (χ4n) is 3.83. The molecule has 2 aliphatic carbocycles. The zero-order chi connectivity index (χ0) is 14.6. The Morgan fingerprint density at radius 1 is 1.33 bits per heavy atom. The highest BCUT2D eigenvalue weighted by Gasteiger charge is 2.54. The van der Waals surface area contributed by atoms with Gasteiger partial charge in [0.25, 0.3) is 0 Å². The number of methoxy groups -OCH3 is 1. The van der Waals surface area contributed by atoms with Crippen LogP contribution in [-0.2, 0) is 11.2 Å². The fraction of sp³-hybridized carbons (Fsp3) is 0.588. The molecule has 0 bridgehead atoms. The molecule has 21 heavy (non-hydrogen) atoms. The van der Waals surface area contributed by atoms with Crippen LogP contribution in [0.3, 0.4) is 0 Å². The molecule has 0 aromatic heterocycles. The summed E-state index contributed by atoms with van der Waals surface area (Å²) in [6, 6.07) is 6.02. The Balaban J connectivity index is 1.50. The maximum Gasteiger partial charge on any atom is 0.230 e. The number of carbonyl (C=O) groups is 1. The van der Waals surface area contributed by atoms with E-state index in [0.29, 0.717) is 19.0 Å². The Hall–Kier alpha value is -1.55. The van der Waals surface area contributed by atoms with Crippen molar-refractivity contribution in [1.82, 2.24) is 4.90 Å². The fourth-order valence-corrected chi connectivity index (χ4v) is 3.83. The minimum atomic E-state index is -0.592. The smallest absolute Gasteiger partial charge is 0.230 e. The van der Waals surface area contributed by atoms with Crippen molar-refractivity contribution in [2.45, 2.75) is 37.2 Å². The summed E-state index contributed by atoms with van der Waals surface area (Å²) in [6.45, 7) is 1.04. The molecule has 4 rings (SSSR count). The van der Waals surface area contributed by atoms with Crippen molar-refractivity contribution < 1.29 is 14.6 Å². The first kappa shape index (κ1) is 13.1. The largest absolute Gasteiger partial charge is 0.497 e. The lowest BCUT2D eigenvalue weighted by molar-refractivity contribution is -0.160. The number of hydrogen-bond acceptors (Lipinski definition) is 3. The van der Waals surface area contributed by atoms with Crippen LogP contribution in [0.15, 0.2) is 18.2 Å². The monoisotopic (exact) mass is 287 g/mol. The van der Waals surface area contributed by atoms with E-state index < -0.39 is 5.60 Å². The van der Waals surface area contributed by atoms with Gasteiger partial charge in [-0.05, 0) is 54.9 Å². The number of aryl methyl sites for hydroxylation is 1. The maximum atomic E-state index is 12.7. The predicted molar refractivity (Wildman–Crippen MR) is 78.3 cm³/mol. The van der Waals surface area contributed by atoms with Gasteiger partial charge in [-0.15, -0.1) is 0 Å². The van der Waals surface area contributed by atoms with Gasteiger partial charge in [-0.2, -0.15) is 0 Å². The van der Waals surface area contributed by atoms with Gasteiger partial charge in [0.05, 0.1) is 26.1 Å². The summed E-state index contributed by atoms with van der Waals surface area (Å²) < 4.78 is 5.28. The van der Waals surface area contributed by atoms with Crippen LogP contribution < -0.4 is 4.74 Å². The molecule has 0 spiro atoms. The van der Waals surface area contributed by atoms with Crippen molar-refractivity contribution in [3.63, 3.8) is 0 Å². The number of nitrogens with zero attached hydrogens (tertiary/aromatic N) is 1. The zero-order valence-corrected chi connectivity index (χ0v) is 12.3. The average molecular weight is 287 g/mol. The van der Waals surface area contributed by atoms with Gasteiger partial charge in [-0.1, -0.05) is 6.07 Å². The van der Waals surface area contributed by atoms with Crippen LogP contribution >= 0.6 is 0 Å². The van der Waals surface area contributed by atoms with E-state index in [1.165, 1.54) is 5.56 Å². The quantitative estimate of drug-likeness (QED) is 0.920. The van der Waals surface area contributed by atoms with Gasteiger partial charge < -0.3 is 14.7 Å². The number of amides is 1. The molecule has 1 atom stereocenters. The van der Waals surface area contributed by atoms with E-state index >= 15 is 0 Å². The molecule has 1 aromatic carbocycles. The van der Waals surface area contributed by atoms with Crippen molar-refractivity contribution >= 4 is 5.91 Å². The Labute approximate surface area is 124 Å². The SMILES string of the molecule is COc1ccc2c(c1)C(C(=O)N1CC(O)(C3CC3)C1)CC2. The molecule has 2 fully saturated rings. The molecule has 1 saturated carbocycles. The summed E-state index contributed by atoms with van der Waals surface area (Å²) >= 11 is 0. The highest BCUT2D eigenvalue weighted by atomic mass is 16.5. The second-order valence-electron chi connectivity index (χ2n) is 6.73. The third-order valence-corrected chi connectivity index (χ3v) is 5.31. The number of ether oxygens (including phenoxy) is 1. The third kappa shape index (κ3) is 2.04. The van der Waals surface area contributed by atoms with Gasteiger partial charge >= 0.3 is 0 Å². The first-order valence-corrected chi connectivity index (χ1v) is 7.79. The Morgan fingerprint density at radius 3 is 2.76 bits per heavy atom. The summed E-state index contributed by atoms with van der Waals surface area (Å²) in [5, 5.41) is 10.4. The molecular weight excluding hydrogens is 266 g/mol. The number of aliphatic hydroxyl groups is 1. The minimum Gasteiger partial charge on any atom is -0.497 e. The molecule has 0 radical (unpaired) electrons. The lowest BCUT2D eigenvalue weighted by Gasteiger charge is -2.47. The van der Waals surface area contributed by atoms with Gasteiger partial charge in [-0.3, -0.25) is 4.79 Å². The van der Waals surface area contributed by atoms with Crippen LogP contribution in [0.25, 0.3) is 0 Å². The second-order valence-corrected chi connectivity index (χ2v) is 6.73. The summed E-state index contributed by atoms with van der Waals surface area (Å²) in [5.41, 5.74) is 1.78. The zero-order valence-electron chi connectivity index (χ0n) is 12.3. The molecule has 1 aromatic rings. The first-order chi connectivity index (χ1) is 10.1. The molecule has 4 heteroatoms. The number of fused-ring (bicyclic) bond motifs is 1. The Morgan fingerprint density at radius 2 is 2.10 bits per heavy atom. The standard InChI is InChI=1S/C17H21NO3/c1-21-13-6-2-11-3-7-14(15(11)8-13)16(19)18-9-17(20,10-18)12-4-5-12/h2,6,8,12,14,20H,3-5,7,9-10H2,1H3. The number of β-amino-alcohol motifs (C(OH)–C–C–N with tert-alkyl or cyclic N) is 1. The Bertz CT molecular complexity index is 588.